The summed E-state index contributed by atoms with van der Waals surface area (Å²) in [6, 6.07) is 13.2. The monoisotopic (exact) mass is 813 g/mol. The molecule has 1 aliphatic heterocycles. The second-order valence-corrected chi connectivity index (χ2v) is 23.6. The normalized spacial score (nSPS) is 17.0. The Morgan fingerprint density at radius 1 is 0.914 bits per heavy atom. The summed E-state index contributed by atoms with van der Waals surface area (Å²) in [5.74, 6) is 2.45. The van der Waals surface area contributed by atoms with Gasteiger partial charge in [0.2, 0.25) is 5.56 Å². The minimum Gasteiger partial charge on any atom is -0.507 e. The highest BCUT2D eigenvalue weighted by molar-refractivity contribution is 6.74. The Bertz CT molecular complexity index is 1940. The largest absolute Gasteiger partial charge is 0.507 e. The van der Waals surface area contributed by atoms with E-state index in [1.807, 2.05) is 23.1 Å². The lowest BCUT2D eigenvalue weighted by atomic mass is 9.83. The zero-order valence-electron chi connectivity index (χ0n) is 36.2. The lowest BCUT2D eigenvalue weighted by molar-refractivity contribution is 0.168. The molecule has 2 aliphatic rings. The van der Waals surface area contributed by atoms with E-state index in [0.29, 0.717) is 36.1 Å². The van der Waals surface area contributed by atoms with E-state index in [1.54, 1.807) is 12.1 Å². The van der Waals surface area contributed by atoms with E-state index in [0.717, 1.165) is 47.4 Å². The number of H-pyrrole nitrogens is 1. The molecule has 1 aliphatic carbocycles. The molecule has 0 radical (unpaired) electrons. The third-order valence-corrected chi connectivity index (χ3v) is 17.9. The first kappa shape index (κ1) is 44.0. The van der Waals surface area contributed by atoms with Gasteiger partial charge in [-0.05, 0) is 118 Å². The average molecular weight is 813 g/mol. The molecule has 2 aromatic heterocycles. The summed E-state index contributed by atoms with van der Waals surface area (Å²) in [5.41, 5.74) is 3.30. The predicted molar refractivity (Wildman–Crippen MR) is 238 cm³/mol. The van der Waals surface area contributed by atoms with E-state index >= 15 is 0 Å². The number of nitrogens with zero attached hydrogens (tertiary/aromatic N) is 4. The van der Waals surface area contributed by atoms with Crippen LogP contribution in [0.2, 0.25) is 18.1 Å². The van der Waals surface area contributed by atoms with Crippen molar-refractivity contribution in [1.82, 2.24) is 30.0 Å². The molecule has 1 atom stereocenters. The van der Waals surface area contributed by atoms with E-state index in [9.17, 15) is 15.0 Å². The number of aromatic nitrogens is 4. The standard InChI is InChI=1S/C47H72N6O4Si/c1-47(2,3)58(4,5)57-42(39-21-23-41(54)45-40(39)22-24-44(55)50-45)32-48-27-14-9-7-6-8-10-15-28-52-29-25-35(26-30-52)33-53-34-49-43(51-53)31-37-19-16-20-38(46(37)56)36-17-12-11-13-18-36/h16,19-24,34-36,42,48,54,56H,6-15,17-18,25-33H2,1-5H3,(H,50,55)/t42-/m0/s1. The number of rotatable bonds is 20. The number of phenols is 2. The molecular weight excluding hydrogens is 741 g/mol. The molecule has 3 heterocycles. The van der Waals surface area contributed by atoms with Gasteiger partial charge in [-0.15, -0.1) is 0 Å². The zero-order valence-corrected chi connectivity index (χ0v) is 37.2. The Balaban J connectivity index is 0.832. The minimum absolute atomic E-state index is 0.0589. The number of hydrogen-bond acceptors (Lipinski definition) is 8. The molecule has 11 heteroatoms. The minimum atomic E-state index is -2.09. The van der Waals surface area contributed by atoms with Crippen LogP contribution in [0.15, 0.2) is 53.6 Å². The van der Waals surface area contributed by atoms with Gasteiger partial charge in [0, 0.05) is 36.5 Å². The Kier molecular flexibility index (Phi) is 15.7. The number of nitrogens with one attached hydrogen (secondary N) is 2. The van der Waals surface area contributed by atoms with Gasteiger partial charge in [-0.1, -0.05) is 96.4 Å². The number of pyridine rings is 1. The van der Waals surface area contributed by atoms with Gasteiger partial charge < -0.3 is 29.8 Å². The molecule has 1 saturated carbocycles. The third kappa shape index (κ3) is 12.0. The predicted octanol–water partition coefficient (Wildman–Crippen LogP) is 9.96. The fraction of sp³-hybridized carbons (Fsp3) is 0.638. The summed E-state index contributed by atoms with van der Waals surface area (Å²) < 4.78 is 8.97. The van der Waals surface area contributed by atoms with E-state index in [-0.39, 0.29) is 22.5 Å². The van der Waals surface area contributed by atoms with Crippen LogP contribution in [-0.2, 0) is 17.4 Å². The first-order valence-electron chi connectivity index (χ1n) is 22.5. The molecule has 2 aromatic carbocycles. The molecular formula is C47H72N6O4Si. The first-order valence-corrected chi connectivity index (χ1v) is 25.4. The fourth-order valence-electron chi connectivity index (χ4n) is 8.82. The Morgan fingerprint density at radius 3 is 2.38 bits per heavy atom. The maximum atomic E-state index is 12.0. The fourth-order valence-corrected chi connectivity index (χ4v) is 10.1. The number of unbranched alkanes of at least 4 members (excludes halogenated alkanes) is 6. The number of benzene rings is 2. The molecule has 4 N–H and O–H groups in total. The van der Waals surface area contributed by atoms with Crippen LogP contribution in [0.5, 0.6) is 11.5 Å². The van der Waals surface area contributed by atoms with E-state index < -0.39 is 8.32 Å². The zero-order chi connectivity index (χ0) is 41.1. The van der Waals surface area contributed by atoms with Crippen molar-refractivity contribution in [2.24, 2.45) is 5.92 Å². The van der Waals surface area contributed by atoms with E-state index in [4.69, 9.17) is 9.52 Å². The number of piperidine rings is 1. The smallest absolute Gasteiger partial charge is 0.248 e. The second-order valence-electron chi connectivity index (χ2n) is 18.9. The Hall–Kier alpha value is -3.51. The molecule has 58 heavy (non-hydrogen) atoms. The van der Waals surface area contributed by atoms with Crippen molar-refractivity contribution >= 4 is 19.2 Å². The van der Waals surface area contributed by atoms with Crippen LogP contribution >= 0.6 is 0 Å². The van der Waals surface area contributed by atoms with Gasteiger partial charge >= 0.3 is 0 Å². The van der Waals surface area contributed by atoms with Crippen LogP contribution in [0.1, 0.15) is 145 Å². The molecule has 0 spiro atoms. The van der Waals surface area contributed by atoms with Crippen molar-refractivity contribution < 1.29 is 14.6 Å². The molecule has 4 aromatic rings. The highest BCUT2D eigenvalue weighted by Gasteiger charge is 2.39. The number of hydrogen-bond donors (Lipinski definition) is 4. The van der Waals surface area contributed by atoms with Crippen molar-refractivity contribution in [1.29, 1.82) is 0 Å². The van der Waals surface area contributed by atoms with Gasteiger partial charge in [-0.2, -0.15) is 5.10 Å². The van der Waals surface area contributed by atoms with Crippen LogP contribution < -0.4 is 10.9 Å². The molecule has 318 valence electrons. The Morgan fingerprint density at radius 2 is 1.64 bits per heavy atom. The lowest BCUT2D eigenvalue weighted by Crippen LogP contribution is -2.43. The van der Waals surface area contributed by atoms with Crippen LogP contribution in [-0.4, -0.2) is 75.9 Å². The summed E-state index contributed by atoms with van der Waals surface area (Å²) >= 11 is 0. The van der Waals surface area contributed by atoms with Crippen LogP contribution in [0.3, 0.4) is 0 Å². The first-order chi connectivity index (χ1) is 27.9. The van der Waals surface area contributed by atoms with Crippen molar-refractivity contribution in [3.8, 4) is 11.5 Å². The van der Waals surface area contributed by atoms with Crippen molar-refractivity contribution in [2.75, 3.05) is 32.7 Å². The second kappa shape index (κ2) is 20.6. The number of likely N-dealkylation sites (tertiary alicyclic amines) is 1. The van der Waals surface area contributed by atoms with Gasteiger partial charge in [-0.25, -0.2) is 4.98 Å². The van der Waals surface area contributed by atoms with E-state index in [2.05, 4.69) is 66.2 Å². The summed E-state index contributed by atoms with van der Waals surface area (Å²) in [7, 11) is -2.09. The summed E-state index contributed by atoms with van der Waals surface area (Å²) in [6.07, 6.45) is 19.7. The number of phenolic OH excluding ortho intramolecular Hbond substituents is 2. The topological polar surface area (TPSA) is 129 Å². The Labute approximate surface area is 348 Å². The van der Waals surface area contributed by atoms with Gasteiger partial charge in [-0.3, -0.25) is 9.48 Å². The van der Waals surface area contributed by atoms with Crippen LogP contribution in [0.25, 0.3) is 10.9 Å². The number of aromatic hydroxyl groups is 2. The molecule has 1 saturated heterocycles. The maximum absolute atomic E-state index is 12.0. The number of aromatic amines is 1. The highest BCUT2D eigenvalue weighted by Crippen LogP contribution is 2.42. The van der Waals surface area contributed by atoms with Crippen LogP contribution in [0, 0.1) is 5.92 Å². The van der Waals surface area contributed by atoms with E-state index in [1.165, 1.54) is 109 Å². The van der Waals surface area contributed by atoms with Gasteiger partial charge in [0.15, 0.2) is 14.1 Å². The summed E-state index contributed by atoms with van der Waals surface area (Å²) in [6.45, 7) is 17.4. The third-order valence-electron chi connectivity index (χ3n) is 13.4. The molecule has 10 nitrogen and oxygen atoms in total. The van der Waals surface area contributed by atoms with Gasteiger partial charge in [0.25, 0.3) is 0 Å². The molecule has 0 amide bonds. The quantitative estimate of drug-likeness (QED) is 0.0513. The molecule has 0 bridgehead atoms. The highest BCUT2D eigenvalue weighted by atomic mass is 28.4. The van der Waals surface area contributed by atoms with Gasteiger partial charge in [0.1, 0.15) is 17.8 Å². The molecule has 0 unspecified atom stereocenters. The van der Waals surface area contributed by atoms with Crippen molar-refractivity contribution in [3.05, 3.63) is 81.7 Å². The molecule has 6 rings (SSSR count). The number of para-hydroxylation sites is 1. The summed E-state index contributed by atoms with van der Waals surface area (Å²) in [5, 5.41) is 30.9. The van der Waals surface area contributed by atoms with Crippen LogP contribution in [0.4, 0.5) is 0 Å². The lowest BCUT2D eigenvalue weighted by Gasteiger charge is -2.39. The summed E-state index contributed by atoms with van der Waals surface area (Å²) in [4.78, 5) is 22.1. The number of fused-ring (bicyclic) bond motifs is 1. The SMILES string of the molecule is CC(C)(C)[Si](C)(C)O[C@@H](CNCCCCCCCCCN1CCC(Cn2cnc(Cc3cccc(C4CCCCC4)c3O)n2)CC1)c1ccc(O)c2[nH]c(=O)ccc12. The van der Waals surface area contributed by atoms with Crippen molar-refractivity contribution in [3.63, 3.8) is 0 Å². The van der Waals surface area contributed by atoms with Crippen molar-refractivity contribution in [2.45, 2.75) is 154 Å². The van der Waals surface area contributed by atoms with Gasteiger partial charge in [0.05, 0.1) is 11.6 Å². The molecule has 2 fully saturated rings. The maximum Gasteiger partial charge on any atom is 0.248 e. The average Bonchev–Trinajstić information content (AvgIpc) is 3.64.